The number of anilines is 1. The first-order valence-corrected chi connectivity index (χ1v) is 10.6. The molecule has 0 heterocycles. The van der Waals surface area contributed by atoms with Gasteiger partial charge in [-0.3, -0.25) is 9.59 Å². The monoisotopic (exact) mass is 477 g/mol. The fourth-order valence-electron chi connectivity index (χ4n) is 3.58. The number of carbonyl (C=O) groups excluding carboxylic acids is 1. The van der Waals surface area contributed by atoms with Crippen LogP contribution in [0.15, 0.2) is 41.5 Å². The molecule has 0 aromatic heterocycles. The summed E-state index contributed by atoms with van der Waals surface area (Å²) in [5.74, 6) is -6.34. The first-order valence-electron chi connectivity index (χ1n) is 9.86. The lowest BCUT2D eigenvalue weighted by atomic mass is 9.78. The van der Waals surface area contributed by atoms with Gasteiger partial charge < -0.3 is 10.4 Å². The quantitative estimate of drug-likeness (QED) is 0.452. The molecule has 0 saturated heterocycles. The summed E-state index contributed by atoms with van der Waals surface area (Å²) < 4.78 is 40.5. The van der Waals surface area contributed by atoms with Crippen LogP contribution in [0.1, 0.15) is 32.3 Å². The van der Waals surface area contributed by atoms with Crippen LogP contribution in [0, 0.1) is 23.7 Å². The molecule has 0 spiro atoms. The Morgan fingerprint density at radius 3 is 2.48 bits per heavy atom. The van der Waals surface area contributed by atoms with Gasteiger partial charge in [-0.1, -0.05) is 55.3 Å². The summed E-state index contributed by atoms with van der Waals surface area (Å²) in [6.45, 7) is 2.73. The van der Waals surface area contributed by atoms with Crippen molar-refractivity contribution in [2.45, 2.75) is 39.3 Å². The van der Waals surface area contributed by atoms with E-state index in [1.165, 1.54) is 24.3 Å². The summed E-state index contributed by atoms with van der Waals surface area (Å²) in [6, 6.07) is 4.64. The second kappa shape index (κ2) is 10.6. The number of halogens is 5. The standard InChI is InChI=1S/C22H24Cl2F3NO3/c1-3-14(21(30)31)10-13-4-9-17(24)18(11-13)28-20(29)19(12(2)22(25,26)27)15-5-7-16(23)8-6-15/h4-5,7-9,11-12,14-15,19H,3,6,10H2,1-2H3,(H,28,29)(H,30,31)/t12-,14-,15?,19+/m1/s1. The topological polar surface area (TPSA) is 66.4 Å². The van der Waals surface area contributed by atoms with Crippen LogP contribution in [0.5, 0.6) is 0 Å². The van der Waals surface area contributed by atoms with E-state index in [2.05, 4.69) is 5.32 Å². The van der Waals surface area contributed by atoms with Gasteiger partial charge >= 0.3 is 12.1 Å². The maximum atomic E-state index is 13.5. The Balaban J connectivity index is 2.29. The molecule has 170 valence electrons. The van der Waals surface area contributed by atoms with Crippen molar-refractivity contribution in [3.63, 3.8) is 0 Å². The smallest absolute Gasteiger partial charge is 0.392 e. The molecule has 2 N–H and O–H groups in total. The van der Waals surface area contributed by atoms with Crippen molar-refractivity contribution in [2.24, 2.45) is 23.7 Å². The van der Waals surface area contributed by atoms with Crippen molar-refractivity contribution < 1.29 is 27.9 Å². The molecule has 0 radical (unpaired) electrons. The van der Waals surface area contributed by atoms with Crippen molar-refractivity contribution in [1.82, 2.24) is 0 Å². The largest absolute Gasteiger partial charge is 0.481 e. The lowest BCUT2D eigenvalue weighted by molar-refractivity contribution is -0.188. The molecule has 1 aliphatic rings. The van der Waals surface area contributed by atoms with Gasteiger partial charge in [0.15, 0.2) is 0 Å². The molecule has 0 aliphatic heterocycles. The molecule has 1 unspecified atom stereocenters. The average molecular weight is 478 g/mol. The highest BCUT2D eigenvalue weighted by atomic mass is 35.5. The Hall–Kier alpha value is -1.99. The highest BCUT2D eigenvalue weighted by Gasteiger charge is 2.46. The minimum absolute atomic E-state index is 0.150. The molecule has 1 amide bonds. The van der Waals surface area contributed by atoms with Gasteiger partial charge in [0.25, 0.3) is 0 Å². The number of amides is 1. The van der Waals surface area contributed by atoms with Crippen LogP contribution in [0.2, 0.25) is 5.02 Å². The van der Waals surface area contributed by atoms with Crippen LogP contribution in [-0.2, 0) is 16.0 Å². The van der Waals surface area contributed by atoms with Gasteiger partial charge in [-0.25, -0.2) is 0 Å². The zero-order valence-corrected chi connectivity index (χ0v) is 18.6. The zero-order chi connectivity index (χ0) is 23.3. The van der Waals surface area contributed by atoms with Gasteiger partial charge in [-0.15, -0.1) is 0 Å². The minimum Gasteiger partial charge on any atom is -0.481 e. The van der Waals surface area contributed by atoms with Gasteiger partial charge in [0, 0.05) is 5.03 Å². The van der Waals surface area contributed by atoms with Gasteiger partial charge in [0.1, 0.15) is 0 Å². The number of benzene rings is 1. The van der Waals surface area contributed by atoms with Crippen molar-refractivity contribution in [1.29, 1.82) is 0 Å². The predicted molar refractivity (Wildman–Crippen MR) is 115 cm³/mol. The number of rotatable bonds is 8. The van der Waals surface area contributed by atoms with E-state index in [0.717, 1.165) is 6.92 Å². The predicted octanol–water partition coefficient (Wildman–Crippen LogP) is 6.45. The highest BCUT2D eigenvalue weighted by Crippen LogP contribution is 2.40. The van der Waals surface area contributed by atoms with E-state index in [1.807, 2.05) is 0 Å². The van der Waals surface area contributed by atoms with Crippen LogP contribution >= 0.6 is 23.2 Å². The van der Waals surface area contributed by atoms with Crippen LogP contribution < -0.4 is 5.32 Å². The van der Waals surface area contributed by atoms with Crippen molar-refractivity contribution in [2.75, 3.05) is 5.32 Å². The molecule has 9 heteroatoms. The fraction of sp³-hybridized carbons (Fsp3) is 0.455. The first kappa shape index (κ1) is 25.3. The van der Waals surface area contributed by atoms with Gasteiger partial charge in [0.05, 0.1) is 28.5 Å². The number of carboxylic acids is 1. The third-order valence-corrected chi connectivity index (χ3v) is 6.13. The molecule has 4 atom stereocenters. The maximum Gasteiger partial charge on any atom is 0.392 e. The number of nitrogens with one attached hydrogen (secondary N) is 1. The van der Waals surface area contributed by atoms with E-state index in [4.69, 9.17) is 23.2 Å². The SMILES string of the molecule is CC[C@H](Cc1ccc(Cl)c(NC(=O)[C@H](C2C=CC(Cl)=CC2)[C@@H](C)C(F)(F)F)c1)C(=O)O. The Bertz CT molecular complexity index is 883. The summed E-state index contributed by atoms with van der Waals surface area (Å²) in [6.07, 6.45) is 0.855. The average Bonchev–Trinajstić information content (AvgIpc) is 2.69. The molecule has 0 bridgehead atoms. The third-order valence-electron chi connectivity index (χ3n) is 5.52. The summed E-state index contributed by atoms with van der Waals surface area (Å²) in [4.78, 5) is 24.3. The van der Waals surface area contributed by atoms with Crippen molar-refractivity contribution in [3.8, 4) is 0 Å². The number of aliphatic carboxylic acids is 1. The van der Waals surface area contributed by atoms with Gasteiger partial charge in [-0.05, 0) is 49.0 Å². The number of carboxylic acid groups (broad SMARTS) is 1. The van der Waals surface area contributed by atoms with Gasteiger partial charge in [-0.2, -0.15) is 13.2 Å². The normalized spacial score (nSPS) is 19.3. The molecule has 1 aromatic rings. The Labute approximate surface area is 189 Å². The molecular weight excluding hydrogens is 454 g/mol. The van der Waals surface area contributed by atoms with E-state index >= 15 is 0 Å². The van der Waals surface area contributed by atoms with E-state index in [9.17, 15) is 27.9 Å². The fourth-order valence-corrected chi connectivity index (χ4v) is 3.90. The second-order valence-corrected chi connectivity index (χ2v) is 8.50. The van der Waals surface area contributed by atoms with E-state index < -0.39 is 41.7 Å². The molecule has 31 heavy (non-hydrogen) atoms. The Morgan fingerprint density at radius 1 is 1.29 bits per heavy atom. The third kappa shape index (κ3) is 6.74. The number of hydrogen-bond donors (Lipinski definition) is 2. The molecule has 0 saturated carbocycles. The van der Waals surface area contributed by atoms with Crippen molar-refractivity contribution >= 4 is 40.8 Å². The van der Waals surface area contributed by atoms with Crippen LogP contribution in [0.25, 0.3) is 0 Å². The maximum absolute atomic E-state index is 13.5. The lowest BCUT2D eigenvalue weighted by Gasteiger charge is -2.31. The molecule has 1 aliphatic carbocycles. The molecule has 1 aromatic carbocycles. The van der Waals surface area contributed by atoms with Gasteiger partial charge in [0.2, 0.25) is 5.91 Å². The second-order valence-electron chi connectivity index (χ2n) is 7.65. The molecule has 4 nitrogen and oxygen atoms in total. The number of allylic oxidation sites excluding steroid dienone is 4. The van der Waals surface area contributed by atoms with Crippen LogP contribution in [0.4, 0.5) is 18.9 Å². The number of carbonyl (C=O) groups is 2. The van der Waals surface area contributed by atoms with Crippen molar-refractivity contribution in [3.05, 3.63) is 52.0 Å². The number of alkyl halides is 3. The first-order chi connectivity index (χ1) is 14.4. The zero-order valence-electron chi connectivity index (χ0n) is 17.0. The summed E-state index contributed by atoms with van der Waals surface area (Å²) in [7, 11) is 0. The van der Waals surface area contributed by atoms with Crippen LogP contribution in [0.3, 0.4) is 0 Å². The summed E-state index contributed by atoms with van der Waals surface area (Å²) >= 11 is 12.0. The van der Waals surface area contributed by atoms with Crippen LogP contribution in [-0.4, -0.2) is 23.2 Å². The minimum atomic E-state index is -4.57. The summed E-state index contributed by atoms with van der Waals surface area (Å²) in [5.41, 5.74) is 0.763. The molecular formula is C22H24Cl2F3NO3. The Kier molecular flexibility index (Phi) is 8.60. The number of hydrogen-bond acceptors (Lipinski definition) is 2. The summed E-state index contributed by atoms with van der Waals surface area (Å²) in [5, 5.41) is 12.3. The highest BCUT2D eigenvalue weighted by molar-refractivity contribution is 6.33. The molecule has 0 fully saturated rings. The van der Waals surface area contributed by atoms with E-state index in [1.54, 1.807) is 19.1 Å². The van der Waals surface area contributed by atoms with E-state index in [0.29, 0.717) is 17.0 Å². The molecule has 2 rings (SSSR count). The van der Waals surface area contributed by atoms with E-state index in [-0.39, 0.29) is 23.6 Å². The Morgan fingerprint density at radius 2 is 1.97 bits per heavy atom. The lowest BCUT2D eigenvalue weighted by Crippen LogP contribution is -2.40.